The average molecular weight is 387 g/mol. The van der Waals surface area contributed by atoms with Crippen LogP contribution in [0.2, 0.25) is 5.02 Å². The summed E-state index contributed by atoms with van der Waals surface area (Å²) >= 11 is 5.94. The lowest BCUT2D eigenvalue weighted by Crippen LogP contribution is -2.35. The zero-order valence-corrected chi connectivity index (χ0v) is 15.2. The Kier molecular flexibility index (Phi) is 4.83. The standard InChI is InChI=1S/C18H15ClN4O4/c1-21(2)16-7-6-14(23(26)27)8-11(16)9-15-17(24)20-22(18(15)25)13-5-3-4-12(19)10-13/h3-10H,1-2H3,(H,20,24). The second-order valence-corrected chi connectivity index (χ2v) is 6.45. The predicted octanol–water partition coefficient (Wildman–Crippen LogP) is 2.78. The lowest BCUT2D eigenvalue weighted by atomic mass is 10.1. The van der Waals surface area contributed by atoms with E-state index in [2.05, 4.69) is 5.43 Å². The number of nitro benzene ring substituents is 1. The summed E-state index contributed by atoms with van der Waals surface area (Å²) in [5, 5.41) is 12.6. The summed E-state index contributed by atoms with van der Waals surface area (Å²) in [5.74, 6) is -1.17. The molecule has 0 aliphatic carbocycles. The Morgan fingerprint density at radius 1 is 1.19 bits per heavy atom. The van der Waals surface area contributed by atoms with Gasteiger partial charge in [0.2, 0.25) is 0 Å². The van der Waals surface area contributed by atoms with Crippen LogP contribution in [0.3, 0.4) is 0 Å². The molecule has 0 unspecified atom stereocenters. The molecule has 0 aromatic heterocycles. The fourth-order valence-corrected chi connectivity index (χ4v) is 2.87. The molecule has 1 heterocycles. The number of nitrogens with one attached hydrogen (secondary N) is 1. The van der Waals surface area contributed by atoms with Crippen molar-refractivity contribution in [1.82, 2.24) is 5.43 Å². The van der Waals surface area contributed by atoms with E-state index in [0.717, 1.165) is 5.01 Å². The fraction of sp³-hybridized carbons (Fsp3) is 0.111. The van der Waals surface area contributed by atoms with Gasteiger partial charge in [-0.1, -0.05) is 17.7 Å². The van der Waals surface area contributed by atoms with Crippen LogP contribution in [-0.4, -0.2) is 30.8 Å². The summed E-state index contributed by atoms with van der Waals surface area (Å²) in [6.45, 7) is 0. The lowest BCUT2D eigenvalue weighted by molar-refractivity contribution is -0.384. The lowest BCUT2D eigenvalue weighted by Gasteiger charge is -2.16. The molecule has 1 aliphatic rings. The largest absolute Gasteiger partial charge is 0.377 e. The maximum atomic E-state index is 12.7. The number of non-ortho nitro benzene ring substituents is 1. The Morgan fingerprint density at radius 2 is 1.93 bits per heavy atom. The number of hydrazine groups is 1. The fourth-order valence-electron chi connectivity index (χ4n) is 2.69. The third kappa shape index (κ3) is 3.61. The molecule has 1 saturated heterocycles. The van der Waals surface area contributed by atoms with Crippen LogP contribution in [0.1, 0.15) is 5.56 Å². The molecule has 1 N–H and O–H groups in total. The molecule has 3 rings (SSSR count). The quantitative estimate of drug-likeness (QED) is 0.377. The van der Waals surface area contributed by atoms with Gasteiger partial charge in [0, 0.05) is 42.5 Å². The minimum absolute atomic E-state index is 0.126. The number of nitrogens with zero attached hydrogens (tertiary/aromatic N) is 3. The zero-order valence-electron chi connectivity index (χ0n) is 14.5. The molecular formula is C18H15ClN4O4. The van der Waals surface area contributed by atoms with E-state index in [1.165, 1.54) is 18.2 Å². The summed E-state index contributed by atoms with van der Waals surface area (Å²) in [4.78, 5) is 37.3. The van der Waals surface area contributed by atoms with E-state index in [9.17, 15) is 19.7 Å². The number of amides is 2. The number of carbonyl (C=O) groups excluding carboxylic acids is 2. The van der Waals surface area contributed by atoms with Gasteiger partial charge in [-0.15, -0.1) is 0 Å². The van der Waals surface area contributed by atoms with E-state index >= 15 is 0 Å². The zero-order chi connectivity index (χ0) is 19.7. The van der Waals surface area contributed by atoms with Gasteiger partial charge < -0.3 is 4.90 Å². The Labute approximate surface area is 159 Å². The smallest absolute Gasteiger partial charge is 0.282 e. The minimum Gasteiger partial charge on any atom is -0.377 e. The molecule has 2 aromatic carbocycles. The monoisotopic (exact) mass is 386 g/mol. The van der Waals surface area contributed by atoms with Crippen LogP contribution in [0.4, 0.5) is 17.1 Å². The number of hydrogen-bond acceptors (Lipinski definition) is 5. The van der Waals surface area contributed by atoms with Crippen LogP contribution in [0.5, 0.6) is 0 Å². The van der Waals surface area contributed by atoms with Gasteiger partial charge in [0.25, 0.3) is 17.5 Å². The summed E-state index contributed by atoms with van der Waals surface area (Å²) in [6, 6.07) is 10.7. The van der Waals surface area contributed by atoms with E-state index in [-0.39, 0.29) is 11.3 Å². The van der Waals surface area contributed by atoms with E-state index < -0.39 is 16.7 Å². The van der Waals surface area contributed by atoms with Crippen LogP contribution in [0.25, 0.3) is 6.08 Å². The minimum atomic E-state index is -0.601. The first-order valence-electron chi connectivity index (χ1n) is 7.86. The molecule has 0 saturated carbocycles. The second kappa shape index (κ2) is 7.08. The van der Waals surface area contributed by atoms with Gasteiger partial charge in [-0.2, -0.15) is 0 Å². The molecule has 0 bridgehead atoms. The van der Waals surface area contributed by atoms with Crippen molar-refractivity contribution in [1.29, 1.82) is 0 Å². The highest BCUT2D eigenvalue weighted by Crippen LogP contribution is 2.29. The maximum absolute atomic E-state index is 12.7. The van der Waals surface area contributed by atoms with Gasteiger partial charge in [-0.3, -0.25) is 25.1 Å². The number of benzene rings is 2. The average Bonchev–Trinajstić information content (AvgIpc) is 2.89. The molecule has 1 fully saturated rings. The van der Waals surface area contributed by atoms with Crippen LogP contribution >= 0.6 is 11.6 Å². The molecular weight excluding hydrogens is 372 g/mol. The van der Waals surface area contributed by atoms with Gasteiger partial charge >= 0.3 is 0 Å². The number of hydrogen-bond donors (Lipinski definition) is 1. The van der Waals surface area contributed by atoms with Crippen molar-refractivity contribution < 1.29 is 14.5 Å². The Balaban J connectivity index is 2.04. The van der Waals surface area contributed by atoms with Gasteiger partial charge in [0.15, 0.2) is 0 Å². The number of rotatable bonds is 4. The van der Waals surface area contributed by atoms with Crippen LogP contribution in [0.15, 0.2) is 48.0 Å². The van der Waals surface area contributed by atoms with Crippen molar-refractivity contribution in [3.8, 4) is 0 Å². The van der Waals surface area contributed by atoms with Crippen molar-refractivity contribution in [2.75, 3.05) is 24.0 Å². The van der Waals surface area contributed by atoms with Crippen LogP contribution in [-0.2, 0) is 9.59 Å². The van der Waals surface area contributed by atoms with Crippen molar-refractivity contribution in [3.05, 3.63) is 68.7 Å². The molecule has 8 nitrogen and oxygen atoms in total. The molecule has 0 atom stereocenters. The van der Waals surface area contributed by atoms with Crippen molar-refractivity contribution in [2.24, 2.45) is 0 Å². The Bertz CT molecular complexity index is 987. The number of carbonyl (C=O) groups is 2. The van der Waals surface area contributed by atoms with E-state index in [1.807, 2.05) is 0 Å². The van der Waals surface area contributed by atoms with Gasteiger partial charge in [0.1, 0.15) is 5.57 Å². The summed E-state index contributed by atoms with van der Waals surface area (Å²) < 4.78 is 0. The number of anilines is 2. The van der Waals surface area contributed by atoms with Gasteiger partial charge in [0.05, 0.1) is 10.6 Å². The highest BCUT2D eigenvalue weighted by Gasteiger charge is 2.34. The highest BCUT2D eigenvalue weighted by atomic mass is 35.5. The van der Waals surface area contributed by atoms with E-state index in [0.29, 0.717) is 22.0 Å². The first-order valence-corrected chi connectivity index (χ1v) is 8.24. The van der Waals surface area contributed by atoms with Gasteiger partial charge in [-0.05, 0) is 30.3 Å². The van der Waals surface area contributed by atoms with Crippen molar-refractivity contribution in [3.63, 3.8) is 0 Å². The molecule has 0 spiro atoms. The molecule has 2 amide bonds. The molecule has 1 aliphatic heterocycles. The first kappa shape index (κ1) is 18.4. The highest BCUT2D eigenvalue weighted by molar-refractivity contribution is 6.33. The number of nitro groups is 1. The molecule has 138 valence electrons. The van der Waals surface area contributed by atoms with Crippen LogP contribution < -0.4 is 15.3 Å². The molecule has 9 heteroatoms. The molecule has 27 heavy (non-hydrogen) atoms. The second-order valence-electron chi connectivity index (χ2n) is 6.01. The summed E-state index contributed by atoms with van der Waals surface area (Å²) in [6.07, 6.45) is 1.35. The summed E-state index contributed by atoms with van der Waals surface area (Å²) in [5.41, 5.74) is 3.65. The SMILES string of the molecule is CN(C)c1ccc([N+](=O)[O-])cc1C=C1C(=O)NN(c2cccc(Cl)c2)C1=O. The van der Waals surface area contributed by atoms with E-state index in [4.69, 9.17) is 11.6 Å². The van der Waals surface area contributed by atoms with Gasteiger partial charge in [-0.25, -0.2) is 5.01 Å². The Hall–Kier alpha value is -3.39. The van der Waals surface area contributed by atoms with Crippen LogP contribution in [0, 0.1) is 10.1 Å². The third-order valence-electron chi connectivity index (χ3n) is 3.96. The number of halogens is 1. The van der Waals surface area contributed by atoms with Crippen molar-refractivity contribution >= 4 is 46.6 Å². The normalized spacial score (nSPS) is 15.2. The Morgan fingerprint density at radius 3 is 2.56 bits per heavy atom. The molecule has 2 aromatic rings. The van der Waals surface area contributed by atoms with Crippen molar-refractivity contribution in [2.45, 2.75) is 0 Å². The third-order valence-corrected chi connectivity index (χ3v) is 4.20. The predicted molar refractivity (Wildman–Crippen MR) is 102 cm³/mol. The summed E-state index contributed by atoms with van der Waals surface area (Å²) in [7, 11) is 3.52. The topological polar surface area (TPSA) is 95.8 Å². The first-order chi connectivity index (χ1) is 12.8. The van der Waals surface area contributed by atoms with E-state index in [1.54, 1.807) is 49.3 Å². The maximum Gasteiger partial charge on any atom is 0.282 e. The molecule has 0 radical (unpaired) electrons.